The number of benzene rings is 2. The standard InChI is InChI=1S/C32H36ClFN6O4/c1-39-13-14-43-32(42)30(39)21-8-11-40(12-9-21)10-2-3-29(41)38-27-16-23-26(17-28(27)44-18-20-4-5-20)35-19-36-31(23)37-22-6-7-25(34)24(33)15-22/h2-3,6-7,15-17,19-21,30H,4-5,8-14,18H2,1H3,(H,38,41)(H,35,36,37)/b3-2+. The molecule has 232 valence electrons. The Balaban J connectivity index is 1.12. The van der Waals surface area contributed by atoms with Gasteiger partial charge in [-0.2, -0.15) is 0 Å². The number of hydrogen-bond acceptors (Lipinski definition) is 9. The molecule has 1 atom stereocenters. The van der Waals surface area contributed by atoms with Crippen molar-refractivity contribution < 1.29 is 23.5 Å². The number of carbonyl (C=O) groups is 2. The van der Waals surface area contributed by atoms with Crippen LogP contribution in [0.3, 0.4) is 0 Å². The van der Waals surface area contributed by atoms with Crippen molar-refractivity contribution in [2.24, 2.45) is 11.8 Å². The number of likely N-dealkylation sites (tertiary alicyclic amines) is 1. The summed E-state index contributed by atoms with van der Waals surface area (Å²) in [4.78, 5) is 38.5. The highest BCUT2D eigenvalue weighted by Crippen LogP contribution is 2.36. The quantitative estimate of drug-likeness (QED) is 0.238. The molecule has 3 aromatic rings. The Labute approximate surface area is 260 Å². The van der Waals surface area contributed by atoms with Gasteiger partial charge in [-0.25, -0.2) is 14.4 Å². The maximum atomic E-state index is 13.7. The lowest BCUT2D eigenvalue weighted by molar-refractivity contribution is -0.160. The third-order valence-corrected chi connectivity index (χ3v) is 8.75. The van der Waals surface area contributed by atoms with Gasteiger partial charge in [0.1, 0.15) is 36.4 Å². The Morgan fingerprint density at radius 2 is 1.98 bits per heavy atom. The Bertz CT molecular complexity index is 1560. The van der Waals surface area contributed by atoms with E-state index in [4.69, 9.17) is 21.1 Å². The number of esters is 1. The minimum absolute atomic E-state index is 0.00485. The molecule has 1 saturated carbocycles. The van der Waals surface area contributed by atoms with Crippen molar-refractivity contribution in [1.82, 2.24) is 19.8 Å². The number of likely N-dealkylation sites (N-methyl/N-ethyl adjacent to an activating group) is 1. The fourth-order valence-electron chi connectivity index (χ4n) is 5.78. The second-order valence-electron chi connectivity index (χ2n) is 11.7. The molecule has 6 rings (SSSR count). The summed E-state index contributed by atoms with van der Waals surface area (Å²) in [7, 11) is 1.99. The van der Waals surface area contributed by atoms with Crippen molar-refractivity contribution in [3.63, 3.8) is 0 Å². The molecule has 2 aliphatic heterocycles. The molecule has 2 aromatic carbocycles. The van der Waals surface area contributed by atoms with Gasteiger partial charge in [-0.3, -0.25) is 19.4 Å². The van der Waals surface area contributed by atoms with Crippen molar-refractivity contribution in [1.29, 1.82) is 0 Å². The van der Waals surface area contributed by atoms with Crippen molar-refractivity contribution >= 4 is 51.6 Å². The fourth-order valence-corrected chi connectivity index (χ4v) is 5.97. The van der Waals surface area contributed by atoms with Crippen LogP contribution >= 0.6 is 11.6 Å². The molecule has 1 aliphatic carbocycles. The van der Waals surface area contributed by atoms with E-state index >= 15 is 0 Å². The van der Waals surface area contributed by atoms with E-state index in [1.54, 1.807) is 18.2 Å². The van der Waals surface area contributed by atoms with Crippen LogP contribution in [0.1, 0.15) is 25.7 Å². The van der Waals surface area contributed by atoms with E-state index in [9.17, 15) is 14.0 Å². The highest BCUT2D eigenvalue weighted by Gasteiger charge is 2.37. The summed E-state index contributed by atoms with van der Waals surface area (Å²) in [5.74, 6) is 0.914. The molecule has 1 aromatic heterocycles. The molecule has 1 amide bonds. The highest BCUT2D eigenvalue weighted by molar-refractivity contribution is 6.31. The summed E-state index contributed by atoms with van der Waals surface area (Å²) in [6, 6.07) is 7.75. The van der Waals surface area contributed by atoms with Crippen LogP contribution in [0.4, 0.5) is 21.6 Å². The Morgan fingerprint density at radius 1 is 1.16 bits per heavy atom. The average Bonchev–Trinajstić information content (AvgIpc) is 3.84. The summed E-state index contributed by atoms with van der Waals surface area (Å²) < 4.78 is 25.1. The van der Waals surface area contributed by atoms with E-state index in [1.165, 1.54) is 24.5 Å². The first-order valence-corrected chi connectivity index (χ1v) is 15.4. The number of rotatable bonds is 10. The van der Waals surface area contributed by atoms with Gasteiger partial charge < -0.3 is 20.1 Å². The fraction of sp³-hybridized carbons (Fsp3) is 0.438. The number of piperidine rings is 1. The maximum absolute atomic E-state index is 13.7. The zero-order chi connectivity index (χ0) is 30.6. The number of cyclic esters (lactones) is 1. The molecule has 10 nitrogen and oxygen atoms in total. The van der Waals surface area contributed by atoms with Gasteiger partial charge in [0.15, 0.2) is 0 Å². The summed E-state index contributed by atoms with van der Waals surface area (Å²) >= 11 is 5.97. The summed E-state index contributed by atoms with van der Waals surface area (Å²) in [6.07, 6.45) is 8.91. The number of hydrogen-bond donors (Lipinski definition) is 2. The first-order chi connectivity index (χ1) is 21.3. The van der Waals surface area contributed by atoms with Gasteiger partial charge in [-0.15, -0.1) is 0 Å². The van der Waals surface area contributed by atoms with Crippen molar-refractivity contribution in [2.75, 3.05) is 57.1 Å². The average molecular weight is 623 g/mol. The summed E-state index contributed by atoms with van der Waals surface area (Å²) in [5, 5.41) is 6.79. The molecule has 1 unspecified atom stereocenters. The van der Waals surface area contributed by atoms with Crippen molar-refractivity contribution in [3.8, 4) is 5.75 Å². The zero-order valence-corrected chi connectivity index (χ0v) is 25.4. The molecular formula is C32H36ClFN6O4. The van der Waals surface area contributed by atoms with Gasteiger partial charge in [0.05, 0.1) is 22.8 Å². The van der Waals surface area contributed by atoms with E-state index in [1.807, 2.05) is 13.1 Å². The van der Waals surface area contributed by atoms with Crippen LogP contribution in [-0.2, 0) is 14.3 Å². The molecule has 0 bridgehead atoms. The Hall–Kier alpha value is -3.80. The van der Waals surface area contributed by atoms with Crippen LogP contribution in [0.5, 0.6) is 5.75 Å². The molecule has 0 radical (unpaired) electrons. The predicted molar refractivity (Wildman–Crippen MR) is 167 cm³/mol. The number of halogens is 2. The molecule has 3 aliphatic rings. The monoisotopic (exact) mass is 622 g/mol. The summed E-state index contributed by atoms with van der Waals surface area (Å²) in [6.45, 7) is 4.14. The third kappa shape index (κ3) is 7.28. The maximum Gasteiger partial charge on any atom is 0.323 e. The molecule has 3 fully saturated rings. The number of ether oxygens (including phenoxy) is 2. The third-order valence-electron chi connectivity index (χ3n) is 8.46. The first kappa shape index (κ1) is 30.2. The number of anilines is 3. The second-order valence-corrected chi connectivity index (χ2v) is 12.1. The molecule has 12 heteroatoms. The highest BCUT2D eigenvalue weighted by atomic mass is 35.5. The molecular weight excluding hydrogens is 587 g/mol. The predicted octanol–water partition coefficient (Wildman–Crippen LogP) is 5.02. The minimum Gasteiger partial charge on any atom is -0.491 e. The molecule has 44 heavy (non-hydrogen) atoms. The van der Waals surface area contributed by atoms with Crippen LogP contribution in [0.15, 0.2) is 48.8 Å². The van der Waals surface area contributed by atoms with Gasteiger partial charge in [-0.1, -0.05) is 17.7 Å². The Morgan fingerprint density at radius 3 is 2.73 bits per heavy atom. The van der Waals surface area contributed by atoms with Crippen LogP contribution < -0.4 is 15.4 Å². The first-order valence-electron chi connectivity index (χ1n) is 15.0. The number of fused-ring (bicyclic) bond motifs is 1. The lowest BCUT2D eigenvalue weighted by Crippen LogP contribution is -2.53. The number of amides is 1. The van der Waals surface area contributed by atoms with Crippen LogP contribution in [0.2, 0.25) is 5.02 Å². The Kier molecular flexibility index (Phi) is 9.25. The normalized spacial score (nSPS) is 20.2. The van der Waals surface area contributed by atoms with Crippen LogP contribution in [0, 0.1) is 17.7 Å². The number of morpholine rings is 1. The minimum atomic E-state index is -0.511. The van der Waals surface area contributed by atoms with Crippen LogP contribution in [-0.4, -0.2) is 84.1 Å². The van der Waals surface area contributed by atoms with Crippen LogP contribution in [0.25, 0.3) is 10.9 Å². The van der Waals surface area contributed by atoms with Gasteiger partial charge in [0.25, 0.3) is 0 Å². The SMILES string of the molecule is CN1CCOC(=O)C1C1CCN(C/C=C/C(=O)Nc2cc3c(Nc4ccc(F)c(Cl)c4)ncnc3cc2OCC2CC2)CC1. The van der Waals surface area contributed by atoms with Gasteiger partial charge in [0.2, 0.25) is 5.91 Å². The largest absolute Gasteiger partial charge is 0.491 e. The van der Waals surface area contributed by atoms with Gasteiger partial charge in [-0.05, 0) is 81.9 Å². The number of aromatic nitrogens is 2. The number of nitrogens with one attached hydrogen (secondary N) is 2. The molecule has 3 heterocycles. The molecule has 2 saturated heterocycles. The second kappa shape index (κ2) is 13.5. The van der Waals surface area contributed by atoms with E-state index in [0.717, 1.165) is 45.3 Å². The lowest BCUT2D eigenvalue weighted by Gasteiger charge is -2.40. The van der Waals surface area contributed by atoms with E-state index < -0.39 is 5.82 Å². The lowest BCUT2D eigenvalue weighted by atomic mass is 9.88. The van der Waals surface area contributed by atoms with E-state index in [2.05, 4.69) is 30.4 Å². The van der Waals surface area contributed by atoms with Gasteiger partial charge in [0, 0.05) is 36.3 Å². The number of carbonyl (C=O) groups excluding carboxylic acids is 2. The van der Waals surface area contributed by atoms with Gasteiger partial charge >= 0.3 is 5.97 Å². The summed E-state index contributed by atoms with van der Waals surface area (Å²) in [5.41, 5.74) is 1.70. The van der Waals surface area contributed by atoms with E-state index in [0.29, 0.717) is 59.5 Å². The van der Waals surface area contributed by atoms with E-state index in [-0.39, 0.29) is 28.9 Å². The smallest absolute Gasteiger partial charge is 0.323 e. The molecule has 0 spiro atoms. The number of nitrogens with zero attached hydrogens (tertiary/aromatic N) is 4. The zero-order valence-electron chi connectivity index (χ0n) is 24.6. The molecule has 2 N–H and O–H groups in total. The topological polar surface area (TPSA) is 109 Å². The van der Waals surface area contributed by atoms with Crippen molar-refractivity contribution in [2.45, 2.75) is 31.7 Å². The van der Waals surface area contributed by atoms with Crippen molar-refractivity contribution in [3.05, 3.63) is 59.7 Å².